The highest BCUT2D eigenvalue weighted by atomic mass is 31.2. The van der Waals surface area contributed by atoms with E-state index in [4.69, 9.17) is 23.8 Å². The summed E-state index contributed by atoms with van der Waals surface area (Å²) in [6.07, 6.45) is 1.24. The van der Waals surface area contributed by atoms with E-state index in [-0.39, 0.29) is 23.9 Å². The zero-order chi connectivity index (χ0) is 25.8. The second-order valence-electron chi connectivity index (χ2n) is 8.09. The van der Waals surface area contributed by atoms with E-state index in [0.717, 1.165) is 0 Å². The number of carbonyl (C=O) groups excluding carboxylic acids is 2. The summed E-state index contributed by atoms with van der Waals surface area (Å²) in [6, 6.07) is 2.56. The quantitative estimate of drug-likeness (QED) is 0.140. The Morgan fingerprint density at radius 2 is 1.50 bits per heavy atom. The SMILES string of the molecule is C=C(C)C(=O)NCCOCCOCCNC(=O)CCCOP(OCCC#N)N(C(C)C)C(C)C. The fraction of sp³-hybridized carbons (Fsp3) is 0.783. The van der Waals surface area contributed by atoms with Crippen molar-refractivity contribution < 1.29 is 28.1 Å². The Bertz CT molecular complexity index is 619. The first kappa shape index (κ1) is 32.4. The zero-order valence-electron chi connectivity index (χ0n) is 21.4. The second-order valence-corrected chi connectivity index (χ2v) is 9.55. The van der Waals surface area contributed by atoms with Gasteiger partial charge in [0.15, 0.2) is 0 Å². The third-order valence-corrected chi connectivity index (χ3v) is 6.38. The average molecular weight is 503 g/mol. The van der Waals surface area contributed by atoms with Crippen molar-refractivity contribution >= 4 is 20.3 Å². The summed E-state index contributed by atoms with van der Waals surface area (Å²) in [5.74, 6) is -0.240. The number of hydrogen-bond donors (Lipinski definition) is 2. The van der Waals surface area contributed by atoms with E-state index in [2.05, 4.69) is 55.6 Å². The van der Waals surface area contributed by atoms with Crippen molar-refractivity contribution in [2.24, 2.45) is 0 Å². The van der Waals surface area contributed by atoms with Gasteiger partial charge < -0.3 is 29.2 Å². The molecule has 0 fully saturated rings. The first-order valence-corrected chi connectivity index (χ1v) is 12.9. The van der Waals surface area contributed by atoms with E-state index < -0.39 is 8.53 Å². The first-order chi connectivity index (χ1) is 16.2. The normalized spacial score (nSPS) is 12.1. The molecule has 0 aromatic carbocycles. The summed E-state index contributed by atoms with van der Waals surface area (Å²) in [7, 11) is -1.28. The fourth-order valence-electron chi connectivity index (χ4n) is 2.75. The molecule has 2 N–H and O–H groups in total. The van der Waals surface area contributed by atoms with Gasteiger partial charge in [-0.1, -0.05) is 6.58 Å². The third-order valence-electron chi connectivity index (χ3n) is 4.27. The smallest absolute Gasteiger partial charge is 0.259 e. The largest absolute Gasteiger partial charge is 0.377 e. The van der Waals surface area contributed by atoms with Crippen molar-refractivity contribution in [2.45, 2.75) is 66.0 Å². The summed E-state index contributed by atoms with van der Waals surface area (Å²) in [5, 5.41) is 14.2. The lowest BCUT2D eigenvalue weighted by atomic mass is 10.3. The van der Waals surface area contributed by atoms with Crippen LogP contribution in [0.4, 0.5) is 0 Å². The lowest BCUT2D eigenvalue weighted by Gasteiger charge is -2.35. The van der Waals surface area contributed by atoms with Crippen LogP contribution in [-0.2, 0) is 28.1 Å². The molecule has 1 unspecified atom stereocenters. The first-order valence-electron chi connectivity index (χ1n) is 11.8. The minimum absolute atomic E-state index is 0.0593. The highest BCUT2D eigenvalue weighted by Crippen LogP contribution is 2.46. The maximum Gasteiger partial charge on any atom is 0.259 e. The Hall–Kier alpha value is -1.60. The molecule has 0 aliphatic rings. The fourth-order valence-corrected chi connectivity index (χ4v) is 4.38. The van der Waals surface area contributed by atoms with Crippen LogP contribution in [0.5, 0.6) is 0 Å². The van der Waals surface area contributed by atoms with Crippen LogP contribution < -0.4 is 10.6 Å². The van der Waals surface area contributed by atoms with E-state index in [1.807, 2.05) is 0 Å². The van der Waals surface area contributed by atoms with Crippen LogP contribution in [0.3, 0.4) is 0 Å². The van der Waals surface area contributed by atoms with Gasteiger partial charge >= 0.3 is 0 Å². The second kappa shape index (κ2) is 20.7. The Labute approximate surface area is 206 Å². The standard InChI is InChI=1S/C23H43N4O6P/c1-19(2)23(29)26-12-16-31-18-17-30-15-11-25-22(28)9-7-13-32-34(33-14-8-10-24)27(20(3)4)21(5)6/h20-21H,1,7-9,11-18H2,2-6H3,(H,25,28)(H,26,29). The van der Waals surface area contributed by atoms with Gasteiger partial charge in [-0.25, -0.2) is 4.67 Å². The molecule has 34 heavy (non-hydrogen) atoms. The van der Waals surface area contributed by atoms with Crippen LogP contribution in [0, 0.1) is 11.3 Å². The van der Waals surface area contributed by atoms with Crippen LogP contribution in [0.1, 0.15) is 53.9 Å². The molecule has 0 aromatic rings. The topological polar surface area (TPSA) is 122 Å². The number of nitrogens with zero attached hydrogens (tertiary/aromatic N) is 2. The lowest BCUT2D eigenvalue weighted by molar-refractivity contribution is -0.121. The Morgan fingerprint density at radius 3 is 2.03 bits per heavy atom. The highest BCUT2D eigenvalue weighted by molar-refractivity contribution is 7.44. The summed E-state index contributed by atoms with van der Waals surface area (Å²) < 4.78 is 24.7. The number of rotatable bonds is 21. The van der Waals surface area contributed by atoms with Gasteiger partial charge in [-0.05, 0) is 41.0 Å². The molecule has 0 spiro atoms. The molecule has 0 heterocycles. The van der Waals surface area contributed by atoms with Crippen molar-refractivity contribution in [3.8, 4) is 6.07 Å². The van der Waals surface area contributed by atoms with Gasteiger partial charge in [0.05, 0.1) is 52.1 Å². The van der Waals surface area contributed by atoms with Gasteiger partial charge in [0, 0.05) is 37.2 Å². The monoisotopic (exact) mass is 502 g/mol. The van der Waals surface area contributed by atoms with Gasteiger partial charge in [0.1, 0.15) is 0 Å². The molecule has 0 saturated carbocycles. The minimum atomic E-state index is -1.28. The van der Waals surface area contributed by atoms with Crippen molar-refractivity contribution in [1.29, 1.82) is 5.26 Å². The number of amides is 2. The molecule has 0 aliphatic carbocycles. The molecule has 0 bridgehead atoms. The predicted octanol–water partition coefficient (Wildman–Crippen LogP) is 2.90. The average Bonchev–Trinajstić information content (AvgIpc) is 2.77. The predicted molar refractivity (Wildman–Crippen MR) is 133 cm³/mol. The number of nitrogens with one attached hydrogen (secondary N) is 2. The lowest BCUT2D eigenvalue weighted by Crippen LogP contribution is -2.33. The van der Waals surface area contributed by atoms with Crippen LogP contribution in [0.25, 0.3) is 0 Å². The van der Waals surface area contributed by atoms with E-state index in [1.165, 1.54) is 0 Å². The Balaban J connectivity index is 3.88. The van der Waals surface area contributed by atoms with Crippen molar-refractivity contribution in [3.05, 3.63) is 12.2 Å². The van der Waals surface area contributed by atoms with E-state index in [0.29, 0.717) is 77.6 Å². The van der Waals surface area contributed by atoms with Crippen LogP contribution in [0.15, 0.2) is 12.2 Å². The summed E-state index contributed by atoms with van der Waals surface area (Å²) in [6.45, 7) is 16.7. The Kier molecular flexibility index (Phi) is 19.8. The van der Waals surface area contributed by atoms with Gasteiger partial charge in [-0.15, -0.1) is 0 Å². The maximum atomic E-state index is 12.0. The highest BCUT2D eigenvalue weighted by Gasteiger charge is 2.26. The molecule has 2 amide bonds. The summed E-state index contributed by atoms with van der Waals surface area (Å²) in [4.78, 5) is 23.3. The molecule has 10 nitrogen and oxygen atoms in total. The minimum Gasteiger partial charge on any atom is -0.377 e. The van der Waals surface area contributed by atoms with E-state index >= 15 is 0 Å². The number of nitriles is 1. The van der Waals surface area contributed by atoms with Crippen LogP contribution >= 0.6 is 8.53 Å². The molecule has 1 atom stereocenters. The van der Waals surface area contributed by atoms with Gasteiger partial charge in [-0.2, -0.15) is 5.26 Å². The van der Waals surface area contributed by atoms with Crippen LogP contribution in [-0.4, -0.2) is 81.3 Å². The molecule has 0 aliphatic heterocycles. The van der Waals surface area contributed by atoms with E-state index in [1.54, 1.807) is 6.92 Å². The van der Waals surface area contributed by atoms with Gasteiger partial charge in [0.25, 0.3) is 8.53 Å². The number of hydrogen-bond acceptors (Lipinski definition) is 8. The summed E-state index contributed by atoms with van der Waals surface area (Å²) in [5.41, 5.74) is 0.466. The number of ether oxygens (including phenoxy) is 2. The molecule has 11 heteroatoms. The van der Waals surface area contributed by atoms with Crippen LogP contribution in [0.2, 0.25) is 0 Å². The molecule has 196 valence electrons. The molecule has 0 radical (unpaired) electrons. The third kappa shape index (κ3) is 16.9. The molecule has 0 saturated heterocycles. The maximum absolute atomic E-state index is 12.0. The van der Waals surface area contributed by atoms with Crippen molar-refractivity contribution in [1.82, 2.24) is 15.3 Å². The Morgan fingerprint density at radius 1 is 0.941 bits per heavy atom. The molecule has 0 rings (SSSR count). The van der Waals surface area contributed by atoms with Gasteiger partial charge in [0.2, 0.25) is 11.8 Å². The zero-order valence-corrected chi connectivity index (χ0v) is 22.3. The van der Waals surface area contributed by atoms with Gasteiger partial charge in [-0.3, -0.25) is 9.59 Å². The molecule has 0 aromatic heterocycles. The molecular weight excluding hydrogens is 459 g/mol. The molecular formula is C23H43N4O6P. The van der Waals surface area contributed by atoms with E-state index in [9.17, 15) is 9.59 Å². The van der Waals surface area contributed by atoms with Crippen molar-refractivity contribution in [2.75, 3.05) is 52.7 Å². The number of carbonyl (C=O) groups is 2. The van der Waals surface area contributed by atoms with Crippen molar-refractivity contribution in [3.63, 3.8) is 0 Å². The summed E-state index contributed by atoms with van der Waals surface area (Å²) >= 11 is 0.